The van der Waals surface area contributed by atoms with Crippen molar-refractivity contribution in [3.05, 3.63) is 24.0 Å². The third-order valence-corrected chi connectivity index (χ3v) is 4.34. The molecule has 1 saturated heterocycles. The van der Waals surface area contributed by atoms with Crippen molar-refractivity contribution in [3.63, 3.8) is 0 Å². The lowest BCUT2D eigenvalue weighted by molar-refractivity contribution is 0.359. The van der Waals surface area contributed by atoms with E-state index in [4.69, 9.17) is 0 Å². The highest BCUT2D eigenvalue weighted by Gasteiger charge is 2.36. The molecule has 2 heterocycles. The topological polar surface area (TPSA) is 28.2 Å². The fourth-order valence-corrected chi connectivity index (χ4v) is 2.95. The number of aryl methyl sites for hydroxylation is 1. The number of hydrogen-bond donors (Lipinski definition) is 1. The Kier molecular flexibility index (Phi) is 3.25. The highest BCUT2D eigenvalue weighted by molar-refractivity contribution is 5.46. The van der Waals surface area contributed by atoms with Gasteiger partial charge < -0.3 is 10.2 Å². The number of nitrogens with one attached hydrogen (secondary N) is 1. The van der Waals surface area contributed by atoms with E-state index in [1.807, 2.05) is 13.1 Å². The van der Waals surface area contributed by atoms with E-state index in [0.717, 1.165) is 24.7 Å². The summed E-state index contributed by atoms with van der Waals surface area (Å²) in [4.78, 5) is 7.01. The second kappa shape index (κ2) is 4.88. The van der Waals surface area contributed by atoms with Gasteiger partial charge in [0.25, 0.3) is 0 Å². The van der Waals surface area contributed by atoms with Crippen LogP contribution in [0.2, 0.25) is 0 Å². The first-order chi connectivity index (χ1) is 8.78. The Hall–Kier alpha value is -1.09. The summed E-state index contributed by atoms with van der Waals surface area (Å²) < 4.78 is 0. The van der Waals surface area contributed by atoms with Crippen LogP contribution in [0.5, 0.6) is 0 Å². The summed E-state index contributed by atoms with van der Waals surface area (Å²) >= 11 is 0. The van der Waals surface area contributed by atoms with Gasteiger partial charge in [0, 0.05) is 30.9 Å². The fraction of sp³-hybridized carbons (Fsp3) is 0.667. The molecule has 98 valence electrons. The largest absolute Gasteiger partial charge is 0.364 e. The number of pyridine rings is 1. The molecule has 0 amide bonds. The second-order valence-corrected chi connectivity index (χ2v) is 5.72. The van der Waals surface area contributed by atoms with Crippen molar-refractivity contribution in [1.29, 1.82) is 0 Å². The Morgan fingerprint density at radius 3 is 2.83 bits per heavy atom. The Morgan fingerprint density at radius 2 is 2.22 bits per heavy atom. The van der Waals surface area contributed by atoms with Crippen LogP contribution in [0.15, 0.2) is 18.3 Å². The Balaban J connectivity index is 1.78. The van der Waals surface area contributed by atoms with E-state index in [9.17, 15) is 0 Å². The van der Waals surface area contributed by atoms with Gasteiger partial charge in [0.05, 0.1) is 11.9 Å². The van der Waals surface area contributed by atoms with Crippen LogP contribution in [0, 0.1) is 12.8 Å². The van der Waals surface area contributed by atoms with Crippen molar-refractivity contribution in [2.75, 3.05) is 18.0 Å². The molecule has 1 aromatic heterocycles. The van der Waals surface area contributed by atoms with E-state index in [1.165, 1.54) is 24.9 Å². The average Bonchev–Trinajstić information content (AvgIpc) is 3.23. The molecule has 1 aliphatic carbocycles. The Labute approximate surface area is 110 Å². The molecule has 1 aliphatic heterocycles. The van der Waals surface area contributed by atoms with Gasteiger partial charge >= 0.3 is 0 Å². The van der Waals surface area contributed by atoms with Gasteiger partial charge in [-0.15, -0.1) is 0 Å². The van der Waals surface area contributed by atoms with Crippen molar-refractivity contribution in [1.82, 2.24) is 10.3 Å². The van der Waals surface area contributed by atoms with Crippen molar-refractivity contribution in [2.24, 2.45) is 5.92 Å². The Bertz CT molecular complexity index is 397. The minimum Gasteiger partial charge on any atom is -0.364 e. The van der Waals surface area contributed by atoms with Crippen molar-refractivity contribution in [3.8, 4) is 0 Å². The van der Waals surface area contributed by atoms with E-state index in [1.54, 1.807) is 0 Å². The molecule has 0 bridgehead atoms. The third kappa shape index (κ3) is 2.37. The molecule has 1 aromatic rings. The summed E-state index contributed by atoms with van der Waals surface area (Å²) in [6.45, 7) is 6.59. The molecular weight excluding hydrogens is 222 g/mol. The summed E-state index contributed by atoms with van der Waals surface area (Å²) in [5.41, 5.74) is 2.39. The predicted octanol–water partition coefficient (Wildman–Crippen LogP) is 2.36. The lowest BCUT2D eigenvalue weighted by atomic mass is 10.0. The molecule has 2 unspecified atom stereocenters. The molecule has 1 N–H and O–H groups in total. The first-order valence-corrected chi connectivity index (χ1v) is 7.20. The fourth-order valence-electron chi connectivity index (χ4n) is 2.95. The second-order valence-electron chi connectivity index (χ2n) is 5.72. The van der Waals surface area contributed by atoms with Crippen LogP contribution < -0.4 is 10.2 Å². The van der Waals surface area contributed by atoms with Gasteiger partial charge in [-0.05, 0) is 44.2 Å². The quantitative estimate of drug-likeness (QED) is 0.886. The van der Waals surface area contributed by atoms with Crippen LogP contribution in [-0.2, 0) is 0 Å². The molecule has 2 fully saturated rings. The zero-order chi connectivity index (χ0) is 12.5. The maximum atomic E-state index is 4.45. The number of rotatable bonds is 3. The van der Waals surface area contributed by atoms with Gasteiger partial charge in [0.2, 0.25) is 0 Å². The van der Waals surface area contributed by atoms with Crippen molar-refractivity contribution in [2.45, 2.75) is 45.2 Å². The van der Waals surface area contributed by atoms with Crippen LogP contribution in [-0.4, -0.2) is 30.2 Å². The van der Waals surface area contributed by atoms with Crippen LogP contribution in [0.1, 0.15) is 31.9 Å². The van der Waals surface area contributed by atoms with E-state index in [0.29, 0.717) is 12.1 Å². The zero-order valence-electron chi connectivity index (χ0n) is 11.4. The Morgan fingerprint density at radius 1 is 1.39 bits per heavy atom. The predicted molar refractivity (Wildman–Crippen MR) is 74.9 cm³/mol. The summed E-state index contributed by atoms with van der Waals surface area (Å²) in [5.74, 6) is 0.920. The summed E-state index contributed by atoms with van der Waals surface area (Å²) in [6.07, 6.45) is 6.05. The normalized spacial score (nSPS) is 28.4. The monoisotopic (exact) mass is 245 g/mol. The molecule has 0 spiro atoms. The molecule has 2 atom stereocenters. The van der Waals surface area contributed by atoms with Gasteiger partial charge in [-0.2, -0.15) is 0 Å². The minimum absolute atomic E-state index is 0.615. The van der Waals surface area contributed by atoms with E-state index in [2.05, 4.69) is 34.3 Å². The van der Waals surface area contributed by atoms with Crippen LogP contribution in [0.4, 0.5) is 5.69 Å². The zero-order valence-corrected chi connectivity index (χ0v) is 11.4. The highest BCUT2D eigenvalue weighted by atomic mass is 15.2. The molecule has 3 nitrogen and oxygen atoms in total. The first-order valence-electron chi connectivity index (χ1n) is 7.20. The van der Waals surface area contributed by atoms with E-state index < -0.39 is 0 Å². The number of hydrogen-bond acceptors (Lipinski definition) is 3. The molecule has 1 saturated carbocycles. The molecule has 2 aliphatic rings. The highest BCUT2D eigenvalue weighted by Crippen LogP contribution is 2.35. The average molecular weight is 245 g/mol. The third-order valence-electron chi connectivity index (χ3n) is 4.34. The summed E-state index contributed by atoms with van der Waals surface area (Å²) in [6, 6.07) is 5.65. The number of anilines is 1. The van der Waals surface area contributed by atoms with E-state index in [-0.39, 0.29) is 0 Å². The standard InChI is InChI=1S/C15H23N3/c1-3-13-8-17-15(12-5-6-12)10-18(13)14-7-4-11(2)16-9-14/h4,7,9,12-13,15,17H,3,5-6,8,10H2,1-2H3. The summed E-state index contributed by atoms with van der Waals surface area (Å²) in [7, 11) is 0. The van der Waals surface area contributed by atoms with Gasteiger partial charge in [-0.25, -0.2) is 0 Å². The van der Waals surface area contributed by atoms with Crippen molar-refractivity contribution >= 4 is 5.69 Å². The van der Waals surface area contributed by atoms with Crippen LogP contribution in [0.3, 0.4) is 0 Å². The maximum Gasteiger partial charge on any atom is 0.0556 e. The van der Waals surface area contributed by atoms with Gasteiger partial charge in [-0.3, -0.25) is 4.98 Å². The number of nitrogens with zero attached hydrogens (tertiary/aromatic N) is 2. The van der Waals surface area contributed by atoms with E-state index >= 15 is 0 Å². The van der Waals surface area contributed by atoms with Gasteiger partial charge in [0.15, 0.2) is 0 Å². The maximum absolute atomic E-state index is 4.45. The molecule has 18 heavy (non-hydrogen) atoms. The lowest BCUT2D eigenvalue weighted by Gasteiger charge is -2.41. The molecule has 3 heteroatoms. The van der Waals surface area contributed by atoms with Crippen LogP contribution >= 0.6 is 0 Å². The molecule has 0 aromatic carbocycles. The molecule has 3 rings (SSSR count). The lowest BCUT2D eigenvalue weighted by Crippen LogP contribution is -2.57. The van der Waals surface area contributed by atoms with Crippen molar-refractivity contribution < 1.29 is 0 Å². The first kappa shape index (κ1) is 12.0. The van der Waals surface area contributed by atoms with Gasteiger partial charge in [0.1, 0.15) is 0 Å². The molecule has 0 radical (unpaired) electrons. The van der Waals surface area contributed by atoms with Crippen LogP contribution in [0.25, 0.3) is 0 Å². The summed E-state index contributed by atoms with van der Waals surface area (Å²) in [5, 5.41) is 3.73. The van der Waals surface area contributed by atoms with Gasteiger partial charge in [-0.1, -0.05) is 6.92 Å². The SMILES string of the molecule is CCC1CNC(C2CC2)CN1c1ccc(C)nc1. The molecular formula is C15H23N3. The smallest absolute Gasteiger partial charge is 0.0556 e. The number of piperazine rings is 1. The minimum atomic E-state index is 0.615. The number of aromatic nitrogens is 1.